The van der Waals surface area contributed by atoms with Crippen LogP contribution >= 0.6 is 0 Å². The Morgan fingerprint density at radius 2 is 2.07 bits per heavy atom. The molecule has 2 heterocycles. The predicted molar refractivity (Wildman–Crippen MR) is 99.2 cm³/mol. The van der Waals surface area contributed by atoms with Gasteiger partial charge in [0, 0.05) is 43.6 Å². The number of alkyl halides is 3. The molecule has 0 saturated carbocycles. The number of fused-ring (bicyclic) bond motifs is 1. The molecule has 1 N–H and O–H groups in total. The van der Waals surface area contributed by atoms with Crippen molar-refractivity contribution in [2.45, 2.75) is 58.7 Å². The first kappa shape index (κ1) is 21.2. The molecule has 1 aromatic heterocycles. The van der Waals surface area contributed by atoms with Crippen LogP contribution in [0, 0.1) is 0 Å². The van der Waals surface area contributed by atoms with E-state index in [1.807, 2.05) is 4.68 Å². The van der Waals surface area contributed by atoms with Crippen molar-refractivity contribution in [2.75, 3.05) is 6.61 Å². The van der Waals surface area contributed by atoms with Crippen LogP contribution in [0.2, 0.25) is 0 Å². The highest BCUT2D eigenvalue weighted by atomic mass is 19.4. The molecule has 6 nitrogen and oxygen atoms in total. The monoisotopic (exact) mass is 411 g/mol. The number of rotatable bonds is 8. The van der Waals surface area contributed by atoms with Crippen molar-refractivity contribution in [3.05, 3.63) is 46.8 Å². The van der Waals surface area contributed by atoms with Gasteiger partial charge in [-0.05, 0) is 24.1 Å². The third kappa shape index (κ3) is 5.96. The molecule has 0 saturated heterocycles. The van der Waals surface area contributed by atoms with E-state index < -0.39 is 6.36 Å². The van der Waals surface area contributed by atoms with Crippen molar-refractivity contribution < 1.29 is 27.4 Å². The summed E-state index contributed by atoms with van der Waals surface area (Å²) in [5, 5.41) is 7.44. The van der Waals surface area contributed by atoms with E-state index in [1.165, 1.54) is 30.0 Å². The molecule has 29 heavy (non-hydrogen) atoms. The van der Waals surface area contributed by atoms with Gasteiger partial charge < -0.3 is 14.8 Å². The highest BCUT2D eigenvalue weighted by molar-refractivity contribution is 5.76. The summed E-state index contributed by atoms with van der Waals surface area (Å²) in [5.74, 6) is -0.432. The SMILES string of the molecule is CCCn1nc(CCC(=O)NCc2ccc(OC(F)(F)F)cc2)c2c1CCOC2. The number of nitrogens with zero attached hydrogens (tertiary/aromatic N) is 2. The zero-order valence-corrected chi connectivity index (χ0v) is 16.2. The first-order chi connectivity index (χ1) is 13.9. The normalized spacial score (nSPS) is 13.8. The number of ether oxygens (including phenoxy) is 2. The third-order valence-electron chi connectivity index (χ3n) is 4.65. The smallest absolute Gasteiger partial charge is 0.406 e. The van der Waals surface area contributed by atoms with Crippen LogP contribution in [0.15, 0.2) is 24.3 Å². The number of carbonyl (C=O) groups is 1. The molecule has 1 aromatic carbocycles. The van der Waals surface area contributed by atoms with Crippen molar-refractivity contribution in [2.24, 2.45) is 0 Å². The third-order valence-corrected chi connectivity index (χ3v) is 4.65. The van der Waals surface area contributed by atoms with E-state index in [4.69, 9.17) is 4.74 Å². The maximum atomic E-state index is 12.2. The van der Waals surface area contributed by atoms with Crippen molar-refractivity contribution in [1.29, 1.82) is 0 Å². The van der Waals surface area contributed by atoms with Crippen LogP contribution in [-0.4, -0.2) is 28.7 Å². The van der Waals surface area contributed by atoms with Crippen LogP contribution in [-0.2, 0) is 42.1 Å². The van der Waals surface area contributed by atoms with Crippen molar-refractivity contribution >= 4 is 5.91 Å². The predicted octanol–water partition coefficient (Wildman–Crippen LogP) is 3.51. The van der Waals surface area contributed by atoms with Gasteiger partial charge >= 0.3 is 6.36 Å². The lowest BCUT2D eigenvalue weighted by atomic mass is 10.1. The Morgan fingerprint density at radius 3 is 2.76 bits per heavy atom. The van der Waals surface area contributed by atoms with E-state index in [0.717, 1.165) is 30.6 Å². The molecule has 0 atom stereocenters. The van der Waals surface area contributed by atoms with Gasteiger partial charge in [0.25, 0.3) is 0 Å². The maximum absolute atomic E-state index is 12.2. The molecule has 1 aliphatic rings. The lowest BCUT2D eigenvalue weighted by Gasteiger charge is -2.14. The van der Waals surface area contributed by atoms with E-state index in [2.05, 4.69) is 22.1 Å². The molecule has 9 heteroatoms. The second-order valence-electron chi connectivity index (χ2n) is 6.87. The largest absolute Gasteiger partial charge is 0.573 e. The van der Waals surface area contributed by atoms with E-state index in [9.17, 15) is 18.0 Å². The maximum Gasteiger partial charge on any atom is 0.573 e. The average Bonchev–Trinajstić information content (AvgIpc) is 3.03. The fraction of sp³-hybridized carbons (Fsp3) is 0.500. The molecule has 1 aliphatic heterocycles. The van der Waals surface area contributed by atoms with Crippen LogP contribution in [0.4, 0.5) is 13.2 Å². The Hall–Kier alpha value is -2.55. The summed E-state index contributed by atoms with van der Waals surface area (Å²) in [6, 6.07) is 5.42. The van der Waals surface area contributed by atoms with Gasteiger partial charge in [-0.15, -0.1) is 13.2 Å². The van der Waals surface area contributed by atoms with Gasteiger partial charge in [-0.1, -0.05) is 19.1 Å². The van der Waals surface area contributed by atoms with E-state index in [1.54, 1.807) is 0 Å². The number of hydrogen-bond donors (Lipinski definition) is 1. The van der Waals surface area contributed by atoms with Crippen molar-refractivity contribution in [3.8, 4) is 5.75 Å². The summed E-state index contributed by atoms with van der Waals surface area (Å²) in [5.41, 5.74) is 3.88. The molecule has 0 aliphatic carbocycles. The molecule has 0 unspecified atom stereocenters. The first-order valence-electron chi connectivity index (χ1n) is 9.62. The second-order valence-corrected chi connectivity index (χ2v) is 6.87. The minimum absolute atomic E-state index is 0.142. The Morgan fingerprint density at radius 1 is 1.31 bits per heavy atom. The van der Waals surface area contributed by atoms with E-state index >= 15 is 0 Å². The summed E-state index contributed by atoms with van der Waals surface area (Å²) < 4.78 is 47.9. The molecule has 1 amide bonds. The minimum Gasteiger partial charge on any atom is -0.406 e. The van der Waals surface area contributed by atoms with Gasteiger partial charge in [0.1, 0.15) is 5.75 Å². The second kappa shape index (κ2) is 9.30. The summed E-state index contributed by atoms with van der Waals surface area (Å²) in [4.78, 5) is 12.2. The van der Waals surface area contributed by atoms with Crippen molar-refractivity contribution in [1.82, 2.24) is 15.1 Å². The number of halogens is 3. The van der Waals surface area contributed by atoms with Crippen LogP contribution in [0.25, 0.3) is 0 Å². The number of benzene rings is 1. The van der Waals surface area contributed by atoms with Gasteiger partial charge in [0.2, 0.25) is 5.91 Å². The highest BCUT2D eigenvalue weighted by Crippen LogP contribution is 2.23. The topological polar surface area (TPSA) is 65.4 Å². The summed E-state index contributed by atoms with van der Waals surface area (Å²) in [6.45, 7) is 4.40. The van der Waals surface area contributed by atoms with Gasteiger partial charge in [-0.2, -0.15) is 5.10 Å². The number of amides is 1. The molecule has 0 bridgehead atoms. The Bertz CT molecular complexity index is 832. The number of aryl methyl sites for hydroxylation is 2. The van der Waals surface area contributed by atoms with Crippen LogP contribution in [0.1, 0.15) is 42.3 Å². The highest BCUT2D eigenvalue weighted by Gasteiger charge is 2.31. The van der Waals surface area contributed by atoms with Crippen molar-refractivity contribution in [3.63, 3.8) is 0 Å². The summed E-state index contributed by atoms with van der Waals surface area (Å²) >= 11 is 0. The number of carbonyl (C=O) groups excluding carboxylic acids is 1. The van der Waals surface area contributed by atoms with E-state index in [-0.39, 0.29) is 24.6 Å². The Labute approximate surface area is 167 Å². The molecule has 0 spiro atoms. The van der Waals surface area contributed by atoms with Gasteiger partial charge in [0.05, 0.1) is 18.9 Å². The minimum atomic E-state index is -4.72. The molecule has 3 rings (SSSR count). The van der Waals surface area contributed by atoms with Gasteiger partial charge in [-0.3, -0.25) is 9.48 Å². The van der Waals surface area contributed by atoms with Gasteiger partial charge in [0.15, 0.2) is 0 Å². The fourth-order valence-electron chi connectivity index (χ4n) is 3.31. The summed E-state index contributed by atoms with van der Waals surface area (Å²) in [6.07, 6.45) is -2.09. The number of nitrogens with one attached hydrogen (secondary N) is 1. The molecule has 0 radical (unpaired) electrons. The molecular formula is C20H24F3N3O3. The first-order valence-corrected chi connectivity index (χ1v) is 9.62. The number of aromatic nitrogens is 2. The Kier molecular flexibility index (Phi) is 6.79. The number of hydrogen-bond acceptors (Lipinski definition) is 4. The fourth-order valence-corrected chi connectivity index (χ4v) is 3.31. The quantitative estimate of drug-likeness (QED) is 0.722. The molecule has 2 aromatic rings. The zero-order valence-electron chi connectivity index (χ0n) is 16.2. The lowest BCUT2D eigenvalue weighted by molar-refractivity contribution is -0.274. The molecule has 158 valence electrons. The van der Waals surface area contributed by atoms with Gasteiger partial charge in [-0.25, -0.2) is 0 Å². The molecular weight excluding hydrogens is 387 g/mol. The lowest BCUT2D eigenvalue weighted by Crippen LogP contribution is -2.23. The standard InChI is InChI=1S/C20H24F3N3O3/c1-2-10-26-18-9-11-28-13-16(18)17(25-26)7-8-19(27)24-12-14-3-5-15(6-4-14)29-20(21,22)23/h3-6H,2,7-13H2,1H3,(H,24,27). The van der Waals surface area contributed by atoms with Crippen LogP contribution in [0.3, 0.4) is 0 Å². The summed E-state index contributed by atoms with van der Waals surface area (Å²) in [7, 11) is 0. The van der Waals surface area contributed by atoms with E-state index in [0.29, 0.717) is 25.2 Å². The molecule has 0 fully saturated rings. The zero-order chi connectivity index (χ0) is 20.9. The Balaban J connectivity index is 1.50. The van der Waals surface area contributed by atoms with Crippen LogP contribution in [0.5, 0.6) is 5.75 Å². The van der Waals surface area contributed by atoms with Crippen LogP contribution < -0.4 is 10.1 Å². The average molecular weight is 411 g/mol.